The molecule has 1 N–H and O–H groups in total. The minimum atomic E-state index is -0.638. The van der Waals surface area contributed by atoms with Gasteiger partial charge in [0.15, 0.2) is 0 Å². The zero-order chi connectivity index (χ0) is 27.1. The Labute approximate surface area is 223 Å². The summed E-state index contributed by atoms with van der Waals surface area (Å²) in [7, 11) is 0. The lowest BCUT2D eigenvalue weighted by molar-refractivity contribution is 0.0634. The van der Waals surface area contributed by atoms with Crippen LogP contribution in [-0.2, 0) is 22.5 Å². The standard InChI is InChI=1S/C30H33N3O5/c1-5-36-29(35)33-18-17-23-13-16-26(32-28(34)38-30(2,3)4)31-27(23)25(33)19-21-11-14-24(15-12-21)37-20-22-9-7-6-8-10-22/h6-18,25H,5,19-20H2,1-4H3,(H,31,32,34). The van der Waals surface area contributed by atoms with Crippen LogP contribution in [0.3, 0.4) is 0 Å². The second-order valence-corrected chi connectivity index (χ2v) is 9.86. The SMILES string of the molecule is CCOC(=O)N1C=Cc2ccc(NC(=O)OC(C)(C)C)nc2C1Cc1ccc(OCc2ccccc2)cc1. The molecule has 4 rings (SSSR count). The van der Waals surface area contributed by atoms with Crippen LogP contribution in [0.4, 0.5) is 15.4 Å². The van der Waals surface area contributed by atoms with E-state index in [4.69, 9.17) is 19.2 Å². The monoisotopic (exact) mass is 515 g/mol. The second-order valence-electron chi connectivity index (χ2n) is 9.86. The molecular weight excluding hydrogens is 482 g/mol. The molecule has 2 heterocycles. The van der Waals surface area contributed by atoms with Gasteiger partial charge in [0.05, 0.1) is 18.3 Å². The molecule has 38 heavy (non-hydrogen) atoms. The maximum absolute atomic E-state index is 12.8. The summed E-state index contributed by atoms with van der Waals surface area (Å²) < 4.78 is 16.6. The molecule has 1 aromatic heterocycles. The van der Waals surface area contributed by atoms with Crippen molar-refractivity contribution in [3.05, 3.63) is 95.3 Å². The molecule has 0 fully saturated rings. The molecule has 2 aromatic carbocycles. The van der Waals surface area contributed by atoms with E-state index in [2.05, 4.69) is 5.32 Å². The number of hydrogen-bond acceptors (Lipinski definition) is 6. The minimum Gasteiger partial charge on any atom is -0.489 e. The van der Waals surface area contributed by atoms with Crippen molar-refractivity contribution in [2.24, 2.45) is 0 Å². The summed E-state index contributed by atoms with van der Waals surface area (Å²) in [5, 5.41) is 2.69. The summed E-state index contributed by atoms with van der Waals surface area (Å²) >= 11 is 0. The Balaban J connectivity index is 1.54. The van der Waals surface area contributed by atoms with Gasteiger partial charge in [0.25, 0.3) is 0 Å². The van der Waals surface area contributed by atoms with Crippen LogP contribution in [0, 0.1) is 0 Å². The molecule has 2 amide bonds. The van der Waals surface area contributed by atoms with Crippen LogP contribution in [0.2, 0.25) is 0 Å². The average Bonchev–Trinajstić information content (AvgIpc) is 2.88. The van der Waals surface area contributed by atoms with E-state index in [-0.39, 0.29) is 6.61 Å². The predicted octanol–water partition coefficient (Wildman–Crippen LogP) is 6.73. The van der Waals surface area contributed by atoms with Crippen molar-refractivity contribution in [2.75, 3.05) is 11.9 Å². The highest BCUT2D eigenvalue weighted by atomic mass is 16.6. The van der Waals surface area contributed by atoms with E-state index in [1.165, 1.54) is 4.90 Å². The third-order valence-corrected chi connectivity index (χ3v) is 5.73. The van der Waals surface area contributed by atoms with Crippen LogP contribution in [-0.4, -0.2) is 34.3 Å². The number of hydrogen-bond donors (Lipinski definition) is 1. The number of carbonyl (C=O) groups is 2. The second kappa shape index (κ2) is 11.8. The molecule has 1 atom stereocenters. The largest absolute Gasteiger partial charge is 0.489 e. The Kier molecular flexibility index (Phi) is 8.31. The number of anilines is 1. The molecule has 0 saturated heterocycles. The van der Waals surface area contributed by atoms with Gasteiger partial charge >= 0.3 is 12.2 Å². The third kappa shape index (κ3) is 7.12. The van der Waals surface area contributed by atoms with Crippen LogP contribution in [0.15, 0.2) is 72.9 Å². The molecule has 198 valence electrons. The lowest BCUT2D eigenvalue weighted by Crippen LogP contribution is -2.35. The number of carbonyl (C=O) groups excluding carboxylic acids is 2. The number of pyridine rings is 1. The third-order valence-electron chi connectivity index (χ3n) is 5.73. The Morgan fingerprint density at radius 3 is 2.39 bits per heavy atom. The van der Waals surface area contributed by atoms with Gasteiger partial charge in [0.1, 0.15) is 23.8 Å². The van der Waals surface area contributed by atoms with Crippen molar-refractivity contribution in [3.8, 4) is 5.75 Å². The minimum absolute atomic E-state index is 0.254. The lowest BCUT2D eigenvalue weighted by atomic mass is 9.96. The summed E-state index contributed by atoms with van der Waals surface area (Å²) in [4.78, 5) is 31.4. The molecule has 0 radical (unpaired) electrons. The Morgan fingerprint density at radius 1 is 0.974 bits per heavy atom. The zero-order valence-corrected chi connectivity index (χ0v) is 22.1. The van der Waals surface area contributed by atoms with Gasteiger partial charge in [-0.25, -0.2) is 14.6 Å². The number of nitrogens with zero attached hydrogens (tertiary/aromatic N) is 2. The van der Waals surface area contributed by atoms with Crippen LogP contribution in [0.25, 0.3) is 6.08 Å². The number of benzene rings is 2. The predicted molar refractivity (Wildman–Crippen MR) is 146 cm³/mol. The van der Waals surface area contributed by atoms with Gasteiger partial charge in [-0.05, 0) is 81.1 Å². The highest BCUT2D eigenvalue weighted by molar-refractivity contribution is 5.84. The average molecular weight is 516 g/mol. The highest BCUT2D eigenvalue weighted by Crippen LogP contribution is 2.34. The molecule has 1 aliphatic rings. The van der Waals surface area contributed by atoms with Crippen LogP contribution in [0.5, 0.6) is 5.75 Å². The highest BCUT2D eigenvalue weighted by Gasteiger charge is 2.31. The Hall–Kier alpha value is -4.33. The molecule has 0 saturated carbocycles. The van der Waals surface area contributed by atoms with E-state index < -0.39 is 23.8 Å². The molecule has 8 nitrogen and oxygen atoms in total. The molecule has 0 aliphatic carbocycles. The van der Waals surface area contributed by atoms with Crippen LogP contribution >= 0.6 is 0 Å². The van der Waals surface area contributed by atoms with Gasteiger partial charge in [-0.15, -0.1) is 0 Å². The summed E-state index contributed by atoms with van der Waals surface area (Å²) in [6.45, 7) is 7.89. The summed E-state index contributed by atoms with van der Waals surface area (Å²) in [5.41, 5.74) is 2.95. The molecular formula is C30H33N3O5. The van der Waals surface area contributed by atoms with E-state index in [9.17, 15) is 9.59 Å². The normalized spacial score (nSPS) is 14.4. The zero-order valence-electron chi connectivity index (χ0n) is 22.1. The van der Waals surface area contributed by atoms with E-state index in [0.717, 1.165) is 22.4 Å². The number of aromatic nitrogens is 1. The topological polar surface area (TPSA) is 90.0 Å². The molecule has 0 bridgehead atoms. The molecule has 8 heteroatoms. The number of ether oxygens (including phenoxy) is 3. The van der Waals surface area contributed by atoms with Crippen LogP contribution < -0.4 is 10.1 Å². The lowest BCUT2D eigenvalue weighted by Gasteiger charge is -2.32. The van der Waals surface area contributed by atoms with E-state index in [0.29, 0.717) is 24.5 Å². The van der Waals surface area contributed by atoms with Crippen LogP contribution in [0.1, 0.15) is 56.1 Å². The molecule has 1 aliphatic heterocycles. The first-order valence-corrected chi connectivity index (χ1v) is 12.6. The number of fused-ring (bicyclic) bond motifs is 1. The first kappa shape index (κ1) is 26.7. The number of nitrogens with one attached hydrogen (secondary N) is 1. The number of amides is 2. The van der Waals surface area contributed by atoms with Gasteiger partial charge in [-0.3, -0.25) is 10.2 Å². The van der Waals surface area contributed by atoms with Crippen molar-refractivity contribution in [2.45, 2.75) is 52.4 Å². The maximum Gasteiger partial charge on any atom is 0.414 e. The van der Waals surface area contributed by atoms with Crippen molar-refractivity contribution < 1.29 is 23.8 Å². The van der Waals surface area contributed by atoms with E-state index in [1.54, 1.807) is 40.0 Å². The van der Waals surface area contributed by atoms with E-state index >= 15 is 0 Å². The van der Waals surface area contributed by atoms with Gasteiger partial charge in [0.2, 0.25) is 0 Å². The number of rotatable bonds is 7. The van der Waals surface area contributed by atoms with Gasteiger partial charge in [-0.1, -0.05) is 42.5 Å². The quantitative estimate of drug-likeness (QED) is 0.375. The van der Waals surface area contributed by atoms with Crippen molar-refractivity contribution in [1.29, 1.82) is 0 Å². The molecule has 0 spiro atoms. The van der Waals surface area contributed by atoms with Crippen molar-refractivity contribution >= 4 is 24.1 Å². The summed E-state index contributed by atoms with van der Waals surface area (Å²) in [6.07, 6.45) is 2.95. The fraction of sp³-hybridized carbons (Fsp3) is 0.300. The molecule has 1 unspecified atom stereocenters. The summed E-state index contributed by atoms with van der Waals surface area (Å²) in [6, 6.07) is 20.9. The Bertz CT molecular complexity index is 1280. The van der Waals surface area contributed by atoms with E-state index in [1.807, 2.05) is 66.7 Å². The van der Waals surface area contributed by atoms with Gasteiger partial charge in [0, 0.05) is 6.20 Å². The van der Waals surface area contributed by atoms with Gasteiger partial charge in [-0.2, -0.15) is 0 Å². The van der Waals surface area contributed by atoms with Crippen molar-refractivity contribution in [1.82, 2.24) is 9.88 Å². The maximum atomic E-state index is 12.8. The first-order valence-electron chi connectivity index (χ1n) is 12.6. The first-order chi connectivity index (χ1) is 18.2. The fourth-order valence-electron chi connectivity index (χ4n) is 4.03. The smallest absolute Gasteiger partial charge is 0.414 e. The summed E-state index contributed by atoms with van der Waals surface area (Å²) in [5.74, 6) is 1.09. The van der Waals surface area contributed by atoms with Gasteiger partial charge < -0.3 is 14.2 Å². The molecule has 3 aromatic rings. The fourth-order valence-corrected chi connectivity index (χ4v) is 4.03. The Morgan fingerprint density at radius 2 is 1.71 bits per heavy atom. The van der Waals surface area contributed by atoms with Crippen molar-refractivity contribution in [3.63, 3.8) is 0 Å².